The molecule has 0 saturated carbocycles. The minimum absolute atomic E-state index is 0.00442. The molecule has 2 unspecified atom stereocenters. The number of fused-ring (bicyclic) bond motifs is 1. The molecule has 0 aliphatic carbocycles. The maximum atomic E-state index is 13.2. The Balaban J connectivity index is 0.000000155. The van der Waals surface area contributed by atoms with E-state index in [-0.39, 0.29) is 80.0 Å². The summed E-state index contributed by atoms with van der Waals surface area (Å²) in [5.74, 6) is 4.60. The first-order valence-corrected chi connectivity index (χ1v) is 41.9. The lowest BCUT2D eigenvalue weighted by Crippen LogP contribution is -2.21. The number of aromatic nitrogens is 19. The van der Waals surface area contributed by atoms with Crippen LogP contribution < -0.4 is 80.3 Å². The summed E-state index contributed by atoms with van der Waals surface area (Å²) in [6.45, 7) is 9.35. The van der Waals surface area contributed by atoms with Crippen LogP contribution in [-0.4, -0.2) is 161 Å². The van der Waals surface area contributed by atoms with Crippen LogP contribution in [0.4, 0.5) is 92.2 Å². The highest BCUT2D eigenvalue weighted by Gasteiger charge is 2.20. The highest BCUT2D eigenvalue weighted by atomic mass is 32.2. The van der Waals surface area contributed by atoms with Crippen LogP contribution in [0.5, 0.6) is 0 Å². The average molecular weight is 1710 g/mol. The van der Waals surface area contributed by atoms with E-state index < -0.39 is 40.1 Å². The molecule has 118 heavy (non-hydrogen) atoms. The van der Waals surface area contributed by atoms with E-state index in [0.29, 0.717) is 86.8 Å². The third-order valence-corrected chi connectivity index (χ3v) is 21.2. The van der Waals surface area contributed by atoms with E-state index in [1.165, 1.54) is 117 Å². The number of anilines is 15. The van der Waals surface area contributed by atoms with Gasteiger partial charge in [0.2, 0.25) is 92.8 Å². The van der Waals surface area contributed by atoms with Gasteiger partial charge < -0.3 is 64.9 Å². The topological polar surface area (TPSA) is 637 Å². The average Bonchev–Trinajstić information content (AvgIpc) is 1.66. The van der Waals surface area contributed by atoms with E-state index in [1.54, 1.807) is 86.0 Å². The largest absolute Gasteiger partial charge is 0.383 e. The molecule has 43 nitrogen and oxygen atoms in total. The van der Waals surface area contributed by atoms with Crippen molar-refractivity contribution in [1.82, 2.24) is 98.7 Å². The van der Waals surface area contributed by atoms with Crippen LogP contribution in [0.1, 0.15) is 44.9 Å². The molecule has 8 heterocycles. The van der Waals surface area contributed by atoms with Crippen LogP contribution in [-0.2, 0) is 50.6 Å². The molecular formula is C69H79FN34O9S5. The van der Waals surface area contributed by atoms with Gasteiger partial charge >= 0.3 is 0 Å². The number of halogens is 1. The van der Waals surface area contributed by atoms with Crippen LogP contribution in [0.25, 0.3) is 32.8 Å². The maximum absolute atomic E-state index is 13.2. The second-order valence-electron chi connectivity index (χ2n) is 25.6. The van der Waals surface area contributed by atoms with Crippen LogP contribution in [0.3, 0.4) is 0 Å². The van der Waals surface area contributed by atoms with Gasteiger partial charge in [0.15, 0.2) is 17.5 Å². The Morgan fingerprint density at radius 2 is 0.847 bits per heavy atom. The first-order chi connectivity index (χ1) is 56.1. The van der Waals surface area contributed by atoms with Crippen LogP contribution in [0.2, 0.25) is 0 Å². The van der Waals surface area contributed by atoms with Crippen molar-refractivity contribution in [3.8, 4) is 22.6 Å². The molecule has 14 aromatic rings. The third-order valence-electron chi connectivity index (χ3n) is 16.0. The molecule has 616 valence electrons. The molecule has 0 aliphatic heterocycles. The molecule has 0 radical (unpaired) electrons. The summed E-state index contributed by atoms with van der Waals surface area (Å²) in [6, 6.07) is 43.4. The summed E-state index contributed by atoms with van der Waals surface area (Å²) in [6.07, 6.45) is 4.16. The second-order valence-corrected chi connectivity index (χ2v) is 33.3. The molecule has 6 aromatic carbocycles. The number of rotatable bonds is 28. The third kappa shape index (κ3) is 23.5. The standard InChI is InChI=1S/C20H20FN9O2S.C17H17N7O2S2.C16H21N9O3S.C16H21N9O2S/c1-12(13-2-4-14(21)5-3-13)26-17-10-18(25-11-24-17)30-19(22)28-20(29-30)27-15-6-8-16(9-7-15)33(23,31)32;1-19-28(25,26)10-11-6-8-12(9-7-11)20-16-22-15(18)24(23-16)17-21-13-4-2-3-5-14(13)27-17;1-10(8-28-2)21-13-7-14(20-9-19-13)25-15(17)23-16(24-25)22-11-3-5-12(6-4-11)29(18,26)27;1-10(2)8-19-13-7-14(21-9-20-13)25-15(17)23-16(24-25)22-11-3-5-12(6-4-11)28(18,26)27/h2-12H,1H3,(H2,23,31,32)(H,24,25,26)(H3,22,27,28,29);2-9,19H,10H2,1H3,(H3,18,20,22,23);3-7,9-10H,8H2,1-2H3,(H2,18,26,27)(H,19,20,21)(H3,17,22,23,24);3-7,9-10H,8H2,1-2H3,(H2,18,26,27)(H,19,20,21)(H3,17,22,23,24). The lowest BCUT2D eigenvalue weighted by atomic mass is 10.1. The van der Waals surface area contributed by atoms with Crippen molar-refractivity contribution in [3.63, 3.8) is 0 Å². The van der Waals surface area contributed by atoms with E-state index in [9.17, 15) is 38.1 Å². The Labute approximate surface area is 678 Å². The van der Waals surface area contributed by atoms with Gasteiger partial charge in [0, 0.05) is 66.7 Å². The number of hydrogen-bond acceptors (Lipinski definition) is 36. The molecule has 8 aromatic heterocycles. The molecule has 0 saturated heterocycles. The van der Waals surface area contributed by atoms with Gasteiger partial charge in [-0.3, -0.25) is 0 Å². The summed E-state index contributed by atoms with van der Waals surface area (Å²) in [5.41, 5.74) is 28.7. The molecule has 22 N–H and O–H groups in total. The quantitative estimate of drug-likeness (QED) is 0.0260. The summed E-state index contributed by atoms with van der Waals surface area (Å²) in [4.78, 5) is 46.3. The maximum Gasteiger partial charge on any atom is 0.248 e. The summed E-state index contributed by atoms with van der Waals surface area (Å²) >= 11 is 1.47. The Bertz CT molecular complexity index is 6230. The van der Waals surface area contributed by atoms with Crippen LogP contribution >= 0.6 is 11.3 Å². The number of para-hydroxylation sites is 1. The predicted octanol–water partition coefficient (Wildman–Crippen LogP) is 6.17. The zero-order chi connectivity index (χ0) is 84.6. The van der Waals surface area contributed by atoms with E-state index >= 15 is 0 Å². The number of nitrogen functional groups attached to an aromatic ring is 4. The summed E-state index contributed by atoms with van der Waals surface area (Å²) in [7, 11) is -11.6. The van der Waals surface area contributed by atoms with Gasteiger partial charge in [0.1, 0.15) is 42.3 Å². The van der Waals surface area contributed by atoms with Crippen LogP contribution in [0, 0.1) is 11.7 Å². The number of benzene rings is 6. The van der Waals surface area contributed by atoms with E-state index in [2.05, 4.69) is 131 Å². The van der Waals surface area contributed by atoms with E-state index in [0.717, 1.165) is 22.3 Å². The zero-order valence-electron chi connectivity index (χ0n) is 63.3. The van der Waals surface area contributed by atoms with Gasteiger partial charge in [-0.05, 0) is 147 Å². The molecule has 0 amide bonds. The number of ether oxygens (including phenoxy) is 1. The summed E-state index contributed by atoms with van der Waals surface area (Å²) < 4.78 is 118. The van der Waals surface area contributed by atoms with E-state index in [4.69, 9.17) is 43.1 Å². The number of hydrogen-bond donors (Lipinski definition) is 15. The number of thiazole rings is 1. The molecule has 49 heteroatoms. The van der Waals surface area contributed by atoms with Crippen molar-refractivity contribution in [2.75, 3.05) is 87.5 Å². The lowest BCUT2D eigenvalue weighted by molar-refractivity contribution is 0.190. The molecule has 0 fully saturated rings. The number of nitrogens with two attached hydrogens (primary N) is 7. The molecule has 14 rings (SSSR count). The fourth-order valence-corrected chi connectivity index (χ4v) is 13.6. The fraction of sp³-hybridized carbons (Fsp3) is 0.174. The Hall–Kier alpha value is -13.7. The van der Waals surface area contributed by atoms with Crippen molar-refractivity contribution >= 4 is 149 Å². The lowest BCUT2D eigenvalue weighted by Gasteiger charge is -2.15. The number of nitrogens with one attached hydrogen (secondary N) is 8. The highest BCUT2D eigenvalue weighted by Crippen LogP contribution is 2.29. The second kappa shape index (κ2) is 37.3. The minimum atomic E-state index is -3.78. The fourth-order valence-electron chi connectivity index (χ4n) is 10.3. The molecule has 2 atom stereocenters. The number of nitrogens with zero attached hydrogens (tertiary/aromatic N) is 19. The van der Waals surface area contributed by atoms with E-state index in [1.807, 2.05) is 38.1 Å². The number of primary sulfonamides is 3. The van der Waals surface area contributed by atoms with Crippen molar-refractivity contribution in [2.45, 2.75) is 60.2 Å². The molecule has 0 aliphatic rings. The summed E-state index contributed by atoms with van der Waals surface area (Å²) in [5, 5.41) is 54.7. The SMILES string of the molecule is CC(C)CNc1cc(-n2nc(Nc3ccc(S(N)(=O)=O)cc3)nc2N)ncn1.CC(Nc1cc(-n2nc(Nc3ccc(S(N)(=O)=O)cc3)nc2N)ncn1)c1ccc(F)cc1.CNS(=O)(=O)Cc1ccc(Nc2nc(N)n(-c3nc4ccccc4s3)n2)cc1.COCC(C)Nc1cc(-n2nc(Nc3ccc(S(N)(=O)=O)cc3)nc2N)ncn1. The molecule has 0 bridgehead atoms. The first kappa shape index (κ1) is 85.2. The predicted molar refractivity (Wildman–Crippen MR) is 444 cm³/mol. The van der Waals surface area contributed by atoms with Gasteiger partial charge in [-0.15, -0.1) is 20.4 Å². The zero-order valence-corrected chi connectivity index (χ0v) is 67.4. The van der Waals surface area contributed by atoms with Crippen molar-refractivity contribution in [2.24, 2.45) is 21.3 Å². The van der Waals surface area contributed by atoms with Gasteiger partial charge in [0.05, 0.1) is 37.3 Å². The van der Waals surface area contributed by atoms with Gasteiger partial charge in [0.25, 0.3) is 0 Å². The Morgan fingerprint density at radius 3 is 1.25 bits per heavy atom. The minimum Gasteiger partial charge on any atom is -0.383 e. The Morgan fingerprint density at radius 1 is 0.466 bits per heavy atom. The van der Waals surface area contributed by atoms with Gasteiger partial charge in [-0.2, -0.15) is 38.7 Å². The monoisotopic (exact) mass is 1710 g/mol. The smallest absolute Gasteiger partial charge is 0.248 e. The molecule has 0 spiro atoms. The van der Waals surface area contributed by atoms with Crippen LogP contribution in [0.15, 0.2) is 197 Å². The van der Waals surface area contributed by atoms with Gasteiger partial charge in [-0.1, -0.05) is 61.6 Å². The normalized spacial score (nSPS) is 12.1. The number of sulfonamides is 4. The Kier molecular flexibility index (Phi) is 26.9. The number of methoxy groups -OCH3 is 1. The molecular weight excluding hydrogens is 1630 g/mol. The van der Waals surface area contributed by atoms with Crippen molar-refractivity contribution < 1.29 is 42.8 Å². The highest BCUT2D eigenvalue weighted by molar-refractivity contribution is 7.89. The first-order valence-electron chi connectivity index (χ1n) is 34.8. The van der Waals surface area contributed by atoms with Crippen molar-refractivity contribution in [1.29, 1.82) is 0 Å². The van der Waals surface area contributed by atoms with Crippen molar-refractivity contribution in [3.05, 3.63) is 200 Å². The van der Waals surface area contributed by atoms with Gasteiger partial charge in [-0.25, -0.2) is 93.1 Å².